The molecular weight excluding hydrogens is 484 g/mol. The average molecular weight is 515 g/mol. The second kappa shape index (κ2) is 11.4. The van der Waals surface area contributed by atoms with Crippen molar-refractivity contribution in [3.8, 4) is 0 Å². The van der Waals surface area contributed by atoms with Gasteiger partial charge in [-0.25, -0.2) is 8.42 Å². The summed E-state index contributed by atoms with van der Waals surface area (Å²) in [4.78, 5) is 30.8. The SMILES string of the molecule is O=C(NC[C@H](NS(=O)(=O)c1ccccc1)C(=O)O)c1ccc(N2CCC(NC3=NCCN3)CC2)cc1. The summed E-state index contributed by atoms with van der Waals surface area (Å²) in [6.45, 7) is 3.03. The van der Waals surface area contributed by atoms with Gasteiger partial charge in [0.05, 0.1) is 11.4 Å². The summed E-state index contributed by atoms with van der Waals surface area (Å²) in [6, 6.07) is 13.4. The molecule has 11 nitrogen and oxygen atoms in total. The number of hydrogen-bond donors (Lipinski definition) is 5. The second-order valence-electron chi connectivity index (χ2n) is 8.64. The number of rotatable bonds is 9. The lowest BCUT2D eigenvalue weighted by Gasteiger charge is -2.34. The molecule has 5 N–H and O–H groups in total. The van der Waals surface area contributed by atoms with Crippen molar-refractivity contribution in [3.05, 3.63) is 60.2 Å². The molecule has 0 radical (unpaired) electrons. The van der Waals surface area contributed by atoms with E-state index in [9.17, 15) is 23.1 Å². The molecule has 0 bridgehead atoms. The summed E-state index contributed by atoms with van der Waals surface area (Å²) >= 11 is 0. The van der Waals surface area contributed by atoms with Crippen molar-refractivity contribution in [2.45, 2.75) is 29.8 Å². The first-order valence-electron chi connectivity index (χ1n) is 11.8. The minimum absolute atomic E-state index is 0.0538. The molecule has 2 aliphatic heterocycles. The number of piperidine rings is 1. The topological polar surface area (TPSA) is 152 Å². The lowest BCUT2D eigenvalue weighted by atomic mass is 10.0. The van der Waals surface area contributed by atoms with Crippen LogP contribution in [0.5, 0.6) is 0 Å². The molecule has 1 fully saturated rings. The van der Waals surface area contributed by atoms with E-state index < -0.39 is 34.5 Å². The predicted molar refractivity (Wildman–Crippen MR) is 136 cm³/mol. The van der Waals surface area contributed by atoms with Crippen molar-refractivity contribution >= 4 is 33.5 Å². The molecule has 2 aromatic carbocycles. The summed E-state index contributed by atoms with van der Waals surface area (Å²) < 4.78 is 27.0. The van der Waals surface area contributed by atoms with E-state index in [0.717, 1.165) is 50.7 Å². The summed E-state index contributed by atoms with van der Waals surface area (Å²) in [6.07, 6.45) is 1.94. The first kappa shape index (κ1) is 25.5. The maximum Gasteiger partial charge on any atom is 0.323 e. The molecule has 1 amide bonds. The van der Waals surface area contributed by atoms with Crippen LogP contribution in [0.3, 0.4) is 0 Å². The molecule has 0 aliphatic carbocycles. The Balaban J connectivity index is 1.28. The van der Waals surface area contributed by atoms with E-state index in [0.29, 0.717) is 11.6 Å². The van der Waals surface area contributed by atoms with E-state index in [1.54, 1.807) is 18.2 Å². The van der Waals surface area contributed by atoms with Gasteiger partial charge in [-0.2, -0.15) is 4.72 Å². The number of benzene rings is 2. The van der Waals surface area contributed by atoms with E-state index in [1.165, 1.54) is 24.3 Å². The molecule has 0 unspecified atom stereocenters. The number of nitrogens with zero attached hydrogens (tertiary/aromatic N) is 2. The quantitative estimate of drug-likeness (QED) is 0.322. The van der Waals surface area contributed by atoms with Crippen LogP contribution >= 0.6 is 0 Å². The number of guanidine groups is 1. The number of aliphatic carboxylic acids is 1. The fourth-order valence-corrected chi connectivity index (χ4v) is 5.34. The lowest BCUT2D eigenvalue weighted by Crippen LogP contribution is -2.48. The fraction of sp³-hybridized carbons (Fsp3) is 0.375. The first-order valence-corrected chi connectivity index (χ1v) is 13.3. The Labute approximate surface area is 210 Å². The van der Waals surface area contributed by atoms with Crippen LogP contribution in [0.15, 0.2) is 64.5 Å². The molecule has 2 aromatic rings. The molecular formula is C24H30N6O5S. The molecule has 12 heteroatoms. The van der Waals surface area contributed by atoms with Crippen molar-refractivity contribution < 1.29 is 23.1 Å². The third kappa shape index (κ3) is 6.52. The Kier molecular flexibility index (Phi) is 8.06. The van der Waals surface area contributed by atoms with Crippen LogP contribution in [-0.2, 0) is 14.8 Å². The maximum absolute atomic E-state index is 12.6. The highest BCUT2D eigenvalue weighted by Gasteiger charge is 2.26. The molecule has 2 aliphatic rings. The van der Waals surface area contributed by atoms with Crippen molar-refractivity contribution in [1.29, 1.82) is 0 Å². The summed E-state index contributed by atoms with van der Waals surface area (Å²) in [5, 5.41) is 18.6. The van der Waals surface area contributed by atoms with E-state index >= 15 is 0 Å². The molecule has 0 spiro atoms. The summed E-state index contributed by atoms with van der Waals surface area (Å²) in [5.41, 5.74) is 1.36. The number of hydrogen-bond acceptors (Lipinski definition) is 8. The third-order valence-electron chi connectivity index (χ3n) is 6.12. The molecule has 0 saturated carbocycles. The number of carboxylic acid groups (broad SMARTS) is 1. The van der Waals surface area contributed by atoms with E-state index in [-0.39, 0.29) is 4.90 Å². The second-order valence-corrected chi connectivity index (χ2v) is 10.4. The van der Waals surface area contributed by atoms with Gasteiger partial charge in [0.15, 0.2) is 5.96 Å². The Morgan fingerprint density at radius 2 is 1.78 bits per heavy atom. The van der Waals surface area contributed by atoms with Gasteiger partial charge < -0.3 is 26.0 Å². The normalized spacial score (nSPS) is 17.1. The molecule has 192 valence electrons. The van der Waals surface area contributed by atoms with Gasteiger partial charge in [-0.1, -0.05) is 18.2 Å². The van der Waals surface area contributed by atoms with E-state index in [2.05, 4.69) is 30.6 Å². The third-order valence-corrected chi connectivity index (χ3v) is 7.61. The molecule has 2 heterocycles. The minimum atomic E-state index is -4.05. The smallest absolute Gasteiger partial charge is 0.323 e. The zero-order chi connectivity index (χ0) is 25.5. The van der Waals surface area contributed by atoms with Crippen molar-refractivity contribution in [3.63, 3.8) is 0 Å². The van der Waals surface area contributed by atoms with Gasteiger partial charge in [0.2, 0.25) is 10.0 Å². The number of nitrogens with one attached hydrogen (secondary N) is 4. The zero-order valence-corrected chi connectivity index (χ0v) is 20.5. The van der Waals surface area contributed by atoms with Gasteiger partial charge >= 0.3 is 5.97 Å². The maximum atomic E-state index is 12.6. The van der Waals surface area contributed by atoms with Gasteiger partial charge in [-0.15, -0.1) is 0 Å². The van der Waals surface area contributed by atoms with E-state index in [1.807, 2.05) is 12.1 Å². The molecule has 4 rings (SSSR count). The van der Waals surface area contributed by atoms with Crippen LogP contribution in [-0.4, -0.2) is 76.2 Å². The number of amides is 1. The highest BCUT2D eigenvalue weighted by Crippen LogP contribution is 2.21. The van der Waals surface area contributed by atoms with Crippen molar-refractivity contribution in [2.75, 3.05) is 37.6 Å². The van der Waals surface area contributed by atoms with Gasteiger partial charge in [0.25, 0.3) is 5.91 Å². The number of carbonyl (C=O) groups is 2. The molecule has 1 saturated heterocycles. The van der Waals surface area contributed by atoms with Gasteiger partial charge in [0.1, 0.15) is 6.04 Å². The Morgan fingerprint density at radius 3 is 2.39 bits per heavy atom. The van der Waals surface area contributed by atoms with Crippen LogP contribution in [0.4, 0.5) is 5.69 Å². The molecule has 1 atom stereocenters. The first-order chi connectivity index (χ1) is 17.3. The predicted octanol–water partition coefficient (Wildman–Crippen LogP) is 0.366. The van der Waals surface area contributed by atoms with E-state index in [4.69, 9.17) is 0 Å². The van der Waals surface area contributed by atoms with Crippen LogP contribution < -0.4 is 25.6 Å². The minimum Gasteiger partial charge on any atom is -0.480 e. The average Bonchev–Trinajstić information content (AvgIpc) is 3.40. The van der Waals surface area contributed by atoms with Crippen LogP contribution in [0.1, 0.15) is 23.2 Å². The monoisotopic (exact) mass is 514 g/mol. The zero-order valence-electron chi connectivity index (χ0n) is 19.7. The standard InChI is InChI=1S/C24H30N6O5S/c31-22(27-16-21(23(32)33)29-36(34,35)20-4-2-1-3-5-20)17-6-8-19(9-7-17)30-14-10-18(11-15-30)28-24-25-12-13-26-24/h1-9,18,21,29H,10-16H2,(H,27,31)(H,32,33)(H2,25,26,28)/t21-/m0/s1. The van der Waals surface area contributed by atoms with Gasteiger partial charge in [0, 0.05) is 43.5 Å². The van der Waals surface area contributed by atoms with Crippen molar-refractivity contribution in [1.82, 2.24) is 20.7 Å². The van der Waals surface area contributed by atoms with Crippen molar-refractivity contribution in [2.24, 2.45) is 4.99 Å². The number of carbonyl (C=O) groups excluding carboxylic acids is 1. The highest BCUT2D eigenvalue weighted by molar-refractivity contribution is 7.89. The number of anilines is 1. The van der Waals surface area contributed by atoms with Gasteiger partial charge in [-0.05, 0) is 49.2 Å². The summed E-state index contributed by atoms with van der Waals surface area (Å²) in [5.74, 6) is -1.000. The fourth-order valence-electron chi connectivity index (χ4n) is 4.12. The number of sulfonamides is 1. The largest absolute Gasteiger partial charge is 0.480 e. The van der Waals surface area contributed by atoms with Crippen LogP contribution in [0, 0.1) is 0 Å². The Morgan fingerprint density at radius 1 is 1.08 bits per heavy atom. The number of carboxylic acids is 1. The summed E-state index contributed by atoms with van der Waals surface area (Å²) in [7, 11) is -4.05. The Bertz CT molecular complexity index is 1200. The lowest BCUT2D eigenvalue weighted by molar-refractivity contribution is -0.138. The van der Waals surface area contributed by atoms with Crippen LogP contribution in [0.2, 0.25) is 0 Å². The molecule has 0 aromatic heterocycles. The number of aliphatic imine (C=N–C) groups is 1. The highest BCUT2D eigenvalue weighted by atomic mass is 32.2. The Hall–Kier alpha value is -3.64. The molecule has 36 heavy (non-hydrogen) atoms. The van der Waals surface area contributed by atoms with Crippen LogP contribution in [0.25, 0.3) is 0 Å². The van der Waals surface area contributed by atoms with Gasteiger partial charge in [-0.3, -0.25) is 14.6 Å².